The van der Waals surface area contributed by atoms with E-state index in [-0.39, 0.29) is 29.4 Å². The minimum atomic E-state index is 0. The zero-order valence-corrected chi connectivity index (χ0v) is 19.5. The number of hydrogen-bond donors (Lipinski definition) is 1. The molecular weight excluding hydrogens is 479 g/mol. The van der Waals surface area contributed by atoms with Gasteiger partial charge in [0.1, 0.15) is 0 Å². The van der Waals surface area contributed by atoms with Crippen molar-refractivity contribution in [2.24, 2.45) is 10.7 Å². The van der Waals surface area contributed by atoms with E-state index in [9.17, 15) is 0 Å². The largest absolute Gasteiger partial charge is 0.370 e. The molecule has 0 spiro atoms. The highest BCUT2D eigenvalue weighted by Gasteiger charge is 2.20. The average Bonchev–Trinajstić information content (AvgIpc) is 3.26. The SMILES string of the molecule is CC(C)(C)c1nc(CCN=C(N)N2CCN(c3nccs3)CC2)cs1.I. The van der Waals surface area contributed by atoms with Gasteiger partial charge in [0.2, 0.25) is 0 Å². The Morgan fingerprint density at radius 2 is 1.96 bits per heavy atom. The Bertz CT molecular complexity index is 699. The number of nitrogens with two attached hydrogens (primary N) is 1. The van der Waals surface area contributed by atoms with Gasteiger partial charge < -0.3 is 15.5 Å². The van der Waals surface area contributed by atoms with E-state index in [4.69, 9.17) is 10.7 Å². The zero-order chi connectivity index (χ0) is 17.9. The van der Waals surface area contributed by atoms with Gasteiger partial charge in [-0.3, -0.25) is 4.99 Å². The van der Waals surface area contributed by atoms with Gasteiger partial charge in [-0.2, -0.15) is 0 Å². The van der Waals surface area contributed by atoms with Gasteiger partial charge in [-0.05, 0) is 0 Å². The quantitative estimate of drug-likeness (QED) is 0.392. The van der Waals surface area contributed by atoms with Crippen molar-refractivity contribution < 1.29 is 0 Å². The van der Waals surface area contributed by atoms with Gasteiger partial charge in [0.25, 0.3) is 0 Å². The van der Waals surface area contributed by atoms with Crippen LogP contribution in [0.1, 0.15) is 31.5 Å². The van der Waals surface area contributed by atoms with Crippen LogP contribution in [0.25, 0.3) is 0 Å². The third kappa shape index (κ3) is 5.53. The minimum Gasteiger partial charge on any atom is -0.370 e. The summed E-state index contributed by atoms with van der Waals surface area (Å²) < 4.78 is 0. The molecule has 3 rings (SSSR count). The first-order chi connectivity index (χ1) is 11.9. The number of thiazole rings is 2. The molecule has 2 aromatic heterocycles. The third-order valence-corrected chi connectivity index (χ3v) is 6.28. The fourth-order valence-corrected chi connectivity index (χ4v) is 4.29. The molecule has 0 amide bonds. The summed E-state index contributed by atoms with van der Waals surface area (Å²) in [5, 5.41) is 6.42. The van der Waals surface area contributed by atoms with Gasteiger partial charge in [0.15, 0.2) is 11.1 Å². The van der Waals surface area contributed by atoms with Gasteiger partial charge in [0, 0.05) is 61.5 Å². The summed E-state index contributed by atoms with van der Waals surface area (Å²) in [4.78, 5) is 18.1. The number of piperazine rings is 1. The number of rotatable bonds is 4. The normalized spacial score (nSPS) is 15.9. The second-order valence-electron chi connectivity index (χ2n) is 7.17. The predicted molar refractivity (Wildman–Crippen MR) is 122 cm³/mol. The van der Waals surface area contributed by atoms with E-state index in [2.05, 4.69) is 45.9 Å². The summed E-state index contributed by atoms with van der Waals surface area (Å²) in [5.74, 6) is 0.644. The summed E-state index contributed by atoms with van der Waals surface area (Å²) in [6, 6.07) is 0. The maximum atomic E-state index is 6.18. The molecule has 0 atom stereocenters. The van der Waals surface area contributed by atoms with Crippen LogP contribution in [0.5, 0.6) is 0 Å². The van der Waals surface area contributed by atoms with Gasteiger partial charge in [-0.15, -0.1) is 46.7 Å². The van der Waals surface area contributed by atoms with Crippen molar-refractivity contribution in [3.05, 3.63) is 27.7 Å². The van der Waals surface area contributed by atoms with Crippen molar-refractivity contribution in [3.63, 3.8) is 0 Å². The topological polar surface area (TPSA) is 70.6 Å². The average molecular weight is 506 g/mol. The number of nitrogens with zero attached hydrogens (tertiary/aromatic N) is 5. The van der Waals surface area contributed by atoms with Crippen LogP contribution in [0.2, 0.25) is 0 Å². The van der Waals surface area contributed by atoms with Crippen LogP contribution >= 0.6 is 46.7 Å². The molecule has 0 unspecified atom stereocenters. The van der Waals surface area contributed by atoms with Gasteiger partial charge in [0.05, 0.1) is 10.7 Å². The molecule has 1 aliphatic rings. The molecule has 26 heavy (non-hydrogen) atoms. The molecule has 1 fully saturated rings. The molecule has 0 aromatic carbocycles. The van der Waals surface area contributed by atoms with E-state index in [1.165, 1.54) is 5.01 Å². The number of guanidine groups is 1. The van der Waals surface area contributed by atoms with E-state index in [0.29, 0.717) is 12.5 Å². The molecule has 2 N–H and O–H groups in total. The van der Waals surface area contributed by atoms with Crippen LogP contribution in [0.3, 0.4) is 0 Å². The highest BCUT2D eigenvalue weighted by atomic mass is 127. The smallest absolute Gasteiger partial charge is 0.191 e. The maximum Gasteiger partial charge on any atom is 0.191 e. The van der Waals surface area contributed by atoms with E-state index in [1.807, 2.05) is 11.6 Å². The molecule has 1 saturated heterocycles. The molecular formula is C17H27IN6S2. The number of aromatic nitrogens is 2. The van der Waals surface area contributed by atoms with Crippen molar-refractivity contribution in [2.45, 2.75) is 32.6 Å². The lowest BCUT2D eigenvalue weighted by Gasteiger charge is -2.35. The second-order valence-corrected chi connectivity index (χ2v) is 8.90. The number of anilines is 1. The standard InChI is InChI=1S/C17H26N6S2.HI/c1-17(2,3)14-21-13(12-25-14)4-5-19-15(18)22-7-9-23(10-8-22)16-20-6-11-24-16;/h6,11-12H,4-5,7-10H2,1-3H3,(H2,18,19);1H. The van der Waals surface area contributed by atoms with E-state index < -0.39 is 0 Å². The Morgan fingerprint density at radius 3 is 2.54 bits per heavy atom. The first kappa shape index (κ1) is 21.4. The zero-order valence-electron chi connectivity index (χ0n) is 15.5. The molecule has 1 aliphatic heterocycles. The lowest BCUT2D eigenvalue weighted by atomic mass is 9.98. The van der Waals surface area contributed by atoms with Crippen molar-refractivity contribution in [1.82, 2.24) is 14.9 Å². The van der Waals surface area contributed by atoms with Gasteiger partial charge in [-0.1, -0.05) is 20.8 Å². The summed E-state index contributed by atoms with van der Waals surface area (Å²) in [6.07, 6.45) is 2.69. The summed E-state index contributed by atoms with van der Waals surface area (Å²) >= 11 is 3.41. The van der Waals surface area contributed by atoms with Crippen LogP contribution in [0.15, 0.2) is 21.9 Å². The molecule has 3 heterocycles. The van der Waals surface area contributed by atoms with E-state index in [0.717, 1.165) is 43.4 Å². The van der Waals surface area contributed by atoms with Gasteiger partial charge in [-0.25, -0.2) is 9.97 Å². The lowest BCUT2D eigenvalue weighted by Crippen LogP contribution is -2.51. The highest BCUT2D eigenvalue weighted by molar-refractivity contribution is 14.0. The predicted octanol–water partition coefficient (Wildman–Crippen LogP) is 3.19. The fourth-order valence-electron chi connectivity index (χ4n) is 2.65. The molecule has 0 bridgehead atoms. The number of hydrogen-bond acceptors (Lipinski definition) is 6. The third-order valence-electron chi connectivity index (χ3n) is 4.13. The Kier molecular flexibility index (Phi) is 7.65. The Hall–Kier alpha value is -0.940. The first-order valence-electron chi connectivity index (χ1n) is 8.57. The number of aliphatic imine (C=N–C) groups is 1. The van der Waals surface area contributed by atoms with Crippen molar-refractivity contribution in [2.75, 3.05) is 37.6 Å². The Labute approximate surface area is 180 Å². The Morgan fingerprint density at radius 1 is 1.23 bits per heavy atom. The fraction of sp³-hybridized carbons (Fsp3) is 0.588. The molecule has 2 aromatic rings. The van der Waals surface area contributed by atoms with Crippen LogP contribution < -0.4 is 10.6 Å². The maximum absolute atomic E-state index is 6.18. The Balaban J connectivity index is 0.00000243. The molecule has 0 aliphatic carbocycles. The number of halogens is 1. The van der Waals surface area contributed by atoms with Crippen LogP contribution in [-0.2, 0) is 11.8 Å². The molecule has 144 valence electrons. The van der Waals surface area contributed by atoms with Crippen molar-refractivity contribution in [1.29, 1.82) is 0 Å². The van der Waals surface area contributed by atoms with Crippen molar-refractivity contribution in [3.8, 4) is 0 Å². The molecule has 0 radical (unpaired) electrons. The minimum absolute atomic E-state index is 0. The summed E-state index contributed by atoms with van der Waals surface area (Å²) in [6.45, 7) is 10.9. The molecule has 9 heteroatoms. The van der Waals surface area contributed by atoms with Crippen LogP contribution in [0.4, 0.5) is 5.13 Å². The van der Waals surface area contributed by atoms with Crippen molar-refractivity contribution >= 4 is 57.7 Å². The monoisotopic (exact) mass is 506 g/mol. The van der Waals surface area contributed by atoms with Crippen LogP contribution in [0, 0.1) is 0 Å². The molecule has 0 saturated carbocycles. The molecule has 6 nitrogen and oxygen atoms in total. The van der Waals surface area contributed by atoms with Crippen LogP contribution in [-0.4, -0.2) is 53.6 Å². The van der Waals surface area contributed by atoms with Gasteiger partial charge >= 0.3 is 0 Å². The van der Waals surface area contributed by atoms with E-state index >= 15 is 0 Å². The highest BCUT2D eigenvalue weighted by Crippen LogP contribution is 2.25. The summed E-state index contributed by atoms with van der Waals surface area (Å²) in [5.41, 5.74) is 7.40. The summed E-state index contributed by atoms with van der Waals surface area (Å²) in [7, 11) is 0. The van der Waals surface area contributed by atoms with E-state index in [1.54, 1.807) is 22.7 Å². The first-order valence-corrected chi connectivity index (χ1v) is 10.3. The second kappa shape index (κ2) is 9.32. The lowest BCUT2D eigenvalue weighted by molar-refractivity contribution is 0.380.